The molecule has 0 bridgehead atoms. The van der Waals surface area contributed by atoms with Gasteiger partial charge in [-0.2, -0.15) is 0 Å². The summed E-state index contributed by atoms with van der Waals surface area (Å²) in [6.07, 6.45) is -0.612. The molecule has 0 aromatic heterocycles. The Morgan fingerprint density at radius 2 is 1.90 bits per heavy atom. The molecule has 1 atom stereocenters. The lowest BCUT2D eigenvalue weighted by Crippen LogP contribution is -2.31. The smallest absolute Gasteiger partial charge is 0.0894 e. The minimum Gasteiger partial charge on any atom is -0.394 e. The van der Waals surface area contributed by atoms with E-state index in [9.17, 15) is 0 Å². The lowest BCUT2D eigenvalue weighted by Gasteiger charge is -2.09. The molecule has 3 heteroatoms. The predicted octanol–water partition coefficient (Wildman–Crippen LogP) is -0.415. The normalized spacial score (nSPS) is 14.1. The van der Waals surface area contributed by atoms with Crippen LogP contribution < -0.4 is 5.32 Å². The van der Waals surface area contributed by atoms with Crippen LogP contribution in [-0.4, -0.2) is 36.0 Å². The van der Waals surface area contributed by atoms with Gasteiger partial charge in [-0.05, 0) is 12.5 Å². The van der Waals surface area contributed by atoms with Crippen LogP contribution in [-0.2, 0) is 0 Å². The Morgan fingerprint density at radius 1 is 1.30 bits per heavy atom. The van der Waals surface area contributed by atoms with Gasteiger partial charge in [-0.3, -0.25) is 0 Å². The van der Waals surface area contributed by atoms with Crippen molar-refractivity contribution in [2.24, 2.45) is 5.92 Å². The van der Waals surface area contributed by atoms with E-state index in [2.05, 4.69) is 19.2 Å². The Morgan fingerprint density at radius 3 is 2.30 bits per heavy atom. The van der Waals surface area contributed by atoms with Crippen LogP contribution in [0, 0.1) is 5.92 Å². The van der Waals surface area contributed by atoms with Gasteiger partial charge in [0.1, 0.15) is 0 Å². The molecule has 0 aromatic carbocycles. The Labute approximate surface area is 62.1 Å². The second-order valence-electron chi connectivity index (χ2n) is 2.89. The fourth-order valence-corrected chi connectivity index (χ4v) is 0.603. The fourth-order valence-electron chi connectivity index (χ4n) is 0.603. The van der Waals surface area contributed by atoms with Gasteiger partial charge in [-0.1, -0.05) is 13.8 Å². The zero-order chi connectivity index (χ0) is 7.98. The highest BCUT2D eigenvalue weighted by Gasteiger charge is 2.00. The molecule has 0 unspecified atom stereocenters. The highest BCUT2D eigenvalue weighted by atomic mass is 16.3. The monoisotopic (exact) mass is 147 g/mol. The van der Waals surface area contributed by atoms with Crippen molar-refractivity contribution in [3.63, 3.8) is 0 Å². The molecule has 62 valence electrons. The van der Waals surface area contributed by atoms with Gasteiger partial charge in [0.2, 0.25) is 0 Å². The third-order valence-electron chi connectivity index (χ3n) is 1.14. The van der Waals surface area contributed by atoms with E-state index in [1.54, 1.807) is 0 Å². The molecule has 3 nitrogen and oxygen atoms in total. The number of hydrogen-bond acceptors (Lipinski definition) is 3. The number of aliphatic hydroxyl groups is 2. The third kappa shape index (κ3) is 6.01. The minimum absolute atomic E-state index is 0.162. The van der Waals surface area contributed by atoms with Crippen molar-refractivity contribution in [1.82, 2.24) is 5.32 Å². The van der Waals surface area contributed by atoms with Crippen LogP contribution in [0.1, 0.15) is 13.8 Å². The molecule has 0 aliphatic heterocycles. The van der Waals surface area contributed by atoms with Crippen molar-refractivity contribution in [3.8, 4) is 0 Å². The zero-order valence-electron chi connectivity index (χ0n) is 6.67. The standard InChI is InChI=1S/C7H17NO2/c1-6(2)3-8-4-7(10)5-9/h6-10H,3-5H2,1-2H3/t7-/m0/s1. The molecule has 0 amide bonds. The second kappa shape index (κ2) is 5.65. The summed E-state index contributed by atoms with van der Waals surface area (Å²) in [5.41, 5.74) is 0. The van der Waals surface area contributed by atoms with Crippen molar-refractivity contribution >= 4 is 0 Å². The van der Waals surface area contributed by atoms with Crippen LogP contribution in [0.15, 0.2) is 0 Å². The van der Waals surface area contributed by atoms with Crippen LogP contribution in [0.25, 0.3) is 0 Å². The summed E-state index contributed by atoms with van der Waals surface area (Å²) in [5.74, 6) is 0.589. The highest BCUT2D eigenvalue weighted by Crippen LogP contribution is 1.86. The van der Waals surface area contributed by atoms with Crippen LogP contribution in [0.2, 0.25) is 0 Å². The van der Waals surface area contributed by atoms with Crippen molar-refractivity contribution < 1.29 is 10.2 Å². The molecule has 0 saturated carbocycles. The molecule has 10 heavy (non-hydrogen) atoms. The Hall–Kier alpha value is -0.120. The van der Waals surface area contributed by atoms with Gasteiger partial charge in [-0.25, -0.2) is 0 Å². The van der Waals surface area contributed by atoms with E-state index >= 15 is 0 Å². The average molecular weight is 147 g/mol. The van der Waals surface area contributed by atoms with Crippen molar-refractivity contribution in [2.75, 3.05) is 19.7 Å². The minimum atomic E-state index is -0.612. The molecule has 0 aliphatic carbocycles. The Kier molecular flexibility index (Phi) is 5.58. The van der Waals surface area contributed by atoms with E-state index in [1.165, 1.54) is 0 Å². The largest absolute Gasteiger partial charge is 0.394 e. The molecule has 0 radical (unpaired) electrons. The first-order chi connectivity index (χ1) is 4.66. The maximum absolute atomic E-state index is 8.86. The van der Waals surface area contributed by atoms with Crippen LogP contribution in [0.3, 0.4) is 0 Å². The van der Waals surface area contributed by atoms with Gasteiger partial charge in [-0.15, -0.1) is 0 Å². The molecule has 0 heterocycles. The summed E-state index contributed by atoms with van der Waals surface area (Å²) >= 11 is 0. The molecule has 0 saturated heterocycles. The SMILES string of the molecule is CC(C)CNC[C@H](O)CO. The molecule has 0 fully saturated rings. The van der Waals surface area contributed by atoms with Crippen molar-refractivity contribution in [3.05, 3.63) is 0 Å². The van der Waals surface area contributed by atoms with Gasteiger partial charge in [0, 0.05) is 6.54 Å². The van der Waals surface area contributed by atoms with E-state index in [4.69, 9.17) is 10.2 Å². The summed E-state index contributed by atoms with van der Waals surface area (Å²) in [4.78, 5) is 0. The predicted molar refractivity (Wildman–Crippen MR) is 40.8 cm³/mol. The summed E-state index contributed by atoms with van der Waals surface area (Å²) in [6.45, 7) is 5.40. The van der Waals surface area contributed by atoms with E-state index in [0.29, 0.717) is 12.5 Å². The van der Waals surface area contributed by atoms with Crippen molar-refractivity contribution in [2.45, 2.75) is 20.0 Å². The van der Waals surface area contributed by atoms with Crippen LogP contribution in [0.5, 0.6) is 0 Å². The maximum Gasteiger partial charge on any atom is 0.0894 e. The molecular formula is C7H17NO2. The molecule has 0 aliphatic rings. The number of nitrogens with one attached hydrogen (secondary N) is 1. The molecule has 3 N–H and O–H groups in total. The number of aliphatic hydroxyl groups excluding tert-OH is 2. The highest BCUT2D eigenvalue weighted by molar-refractivity contribution is 4.57. The van der Waals surface area contributed by atoms with Gasteiger partial charge < -0.3 is 15.5 Å². The van der Waals surface area contributed by atoms with E-state index in [1.807, 2.05) is 0 Å². The molecule has 0 spiro atoms. The van der Waals surface area contributed by atoms with E-state index in [0.717, 1.165) is 6.54 Å². The zero-order valence-corrected chi connectivity index (χ0v) is 6.67. The molecule has 0 aromatic rings. The summed E-state index contributed by atoms with van der Waals surface area (Å²) in [7, 11) is 0. The van der Waals surface area contributed by atoms with Crippen molar-refractivity contribution in [1.29, 1.82) is 0 Å². The first-order valence-electron chi connectivity index (χ1n) is 3.66. The molecular weight excluding hydrogens is 130 g/mol. The van der Waals surface area contributed by atoms with Gasteiger partial charge in [0.05, 0.1) is 12.7 Å². The first kappa shape index (κ1) is 9.88. The van der Waals surface area contributed by atoms with Crippen LogP contribution >= 0.6 is 0 Å². The van der Waals surface area contributed by atoms with Gasteiger partial charge in [0.15, 0.2) is 0 Å². The van der Waals surface area contributed by atoms with Crippen LogP contribution in [0.4, 0.5) is 0 Å². The number of rotatable bonds is 5. The lowest BCUT2D eigenvalue weighted by molar-refractivity contribution is 0.0939. The second-order valence-corrected chi connectivity index (χ2v) is 2.89. The number of hydrogen-bond donors (Lipinski definition) is 3. The fraction of sp³-hybridized carbons (Fsp3) is 1.00. The van der Waals surface area contributed by atoms with Gasteiger partial charge >= 0.3 is 0 Å². The molecule has 0 rings (SSSR count). The quantitative estimate of drug-likeness (QED) is 0.495. The lowest BCUT2D eigenvalue weighted by atomic mass is 10.2. The summed E-state index contributed by atoms with van der Waals surface area (Å²) < 4.78 is 0. The van der Waals surface area contributed by atoms with Gasteiger partial charge in [0.25, 0.3) is 0 Å². The van der Waals surface area contributed by atoms with E-state index in [-0.39, 0.29) is 6.61 Å². The Balaban J connectivity index is 3.03. The Bertz CT molecular complexity index is 76.0. The first-order valence-corrected chi connectivity index (χ1v) is 3.66. The third-order valence-corrected chi connectivity index (χ3v) is 1.14. The topological polar surface area (TPSA) is 52.5 Å². The summed E-state index contributed by atoms with van der Waals surface area (Å²) in [6, 6.07) is 0. The maximum atomic E-state index is 8.86. The van der Waals surface area contributed by atoms with E-state index < -0.39 is 6.10 Å². The average Bonchev–Trinajstić information content (AvgIpc) is 1.87. The summed E-state index contributed by atoms with van der Waals surface area (Å²) in [5, 5.41) is 20.3.